The monoisotopic (exact) mass is 227 g/mol. The number of thioether (sulfide) groups is 1. The molecule has 0 spiro atoms. The molecule has 0 radical (unpaired) electrons. The summed E-state index contributed by atoms with van der Waals surface area (Å²) in [7, 11) is 0. The normalized spacial score (nSPS) is 12.5. The van der Waals surface area contributed by atoms with Crippen molar-refractivity contribution in [3.05, 3.63) is 18.0 Å². The Labute approximate surface area is 94.5 Å². The highest BCUT2D eigenvalue weighted by Crippen LogP contribution is 2.08. The van der Waals surface area contributed by atoms with E-state index in [-0.39, 0.29) is 12.6 Å². The summed E-state index contributed by atoms with van der Waals surface area (Å²) in [6, 6.07) is 2.09. The van der Waals surface area contributed by atoms with Gasteiger partial charge in [0.05, 0.1) is 0 Å². The number of aryl methyl sites for hydroxylation is 1. The third-order valence-corrected chi connectivity index (χ3v) is 2.71. The molecular formula is C10H17N3OS. The van der Waals surface area contributed by atoms with Crippen molar-refractivity contribution >= 4 is 17.7 Å². The lowest BCUT2D eigenvalue weighted by molar-refractivity contribution is 0.282. The van der Waals surface area contributed by atoms with E-state index in [1.165, 1.54) is 0 Å². The predicted molar refractivity (Wildman–Crippen MR) is 64.3 cm³/mol. The fourth-order valence-electron chi connectivity index (χ4n) is 1.26. The highest BCUT2D eigenvalue weighted by molar-refractivity contribution is 7.98. The molecule has 1 rings (SSSR count). The average molecular weight is 227 g/mol. The van der Waals surface area contributed by atoms with Gasteiger partial charge in [0.1, 0.15) is 0 Å². The number of aromatic nitrogens is 2. The first-order chi connectivity index (χ1) is 7.26. The molecule has 5 heteroatoms. The van der Waals surface area contributed by atoms with Crippen molar-refractivity contribution in [2.75, 3.05) is 23.9 Å². The summed E-state index contributed by atoms with van der Waals surface area (Å²) in [5.74, 6) is 1.58. The zero-order valence-corrected chi connectivity index (χ0v) is 9.92. The lowest BCUT2D eigenvalue weighted by Crippen LogP contribution is -2.24. The Morgan fingerprint density at radius 1 is 1.60 bits per heavy atom. The van der Waals surface area contributed by atoms with E-state index >= 15 is 0 Å². The first-order valence-corrected chi connectivity index (χ1v) is 6.31. The molecule has 2 N–H and O–H groups in total. The van der Waals surface area contributed by atoms with E-state index in [0.29, 0.717) is 5.95 Å². The molecule has 1 aromatic heterocycles. The van der Waals surface area contributed by atoms with Crippen LogP contribution in [0.15, 0.2) is 12.3 Å². The Bertz CT molecular complexity index is 290. The lowest BCUT2D eigenvalue weighted by Gasteiger charge is -2.16. The molecule has 0 saturated carbocycles. The van der Waals surface area contributed by atoms with E-state index in [0.717, 1.165) is 17.9 Å². The molecule has 0 bridgehead atoms. The Kier molecular flexibility index (Phi) is 5.42. The van der Waals surface area contributed by atoms with Crippen LogP contribution in [-0.2, 0) is 0 Å². The van der Waals surface area contributed by atoms with E-state index in [2.05, 4.69) is 15.3 Å². The third kappa shape index (κ3) is 4.48. The molecule has 15 heavy (non-hydrogen) atoms. The van der Waals surface area contributed by atoms with Crippen molar-refractivity contribution < 1.29 is 5.11 Å². The molecule has 0 aliphatic heterocycles. The van der Waals surface area contributed by atoms with Crippen molar-refractivity contribution in [1.82, 2.24) is 9.97 Å². The molecule has 0 aliphatic rings. The van der Waals surface area contributed by atoms with Crippen LogP contribution < -0.4 is 5.32 Å². The standard InChI is InChI=1S/C10H17N3OS/c1-8-3-5-11-10(12-8)13-9(4-6-14)7-15-2/h3,5,9,14H,4,6-7H2,1-2H3,(H,11,12,13)/t9-/m1/s1. The van der Waals surface area contributed by atoms with Gasteiger partial charge in [-0.15, -0.1) is 0 Å². The number of nitrogens with zero attached hydrogens (tertiary/aromatic N) is 2. The minimum atomic E-state index is 0.185. The van der Waals surface area contributed by atoms with Gasteiger partial charge < -0.3 is 10.4 Å². The SMILES string of the molecule is CSC[C@@H](CCO)Nc1nccc(C)n1. The molecule has 0 fully saturated rings. The van der Waals surface area contributed by atoms with Crippen LogP contribution in [0.1, 0.15) is 12.1 Å². The van der Waals surface area contributed by atoms with Gasteiger partial charge in [0.25, 0.3) is 0 Å². The smallest absolute Gasteiger partial charge is 0.223 e. The van der Waals surface area contributed by atoms with Crippen LogP contribution in [0.5, 0.6) is 0 Å². The maximum Gasteiger partial charge on any atom is 0.223 e. The molecule has 0 unspecified atom stereocenters. The van der Waals surface area contributed by atoms with Crippen LogP contribution in [0.2, 0.25) is 0 Å². The van der Waals surface area contributed by atoms with Crippen LogP contribution in [0, 0.1) is 6.92 Å². The van der Waals surface area contributed by atoms with Gasteiger partial charge in [0.2, 0.25) is 5.95 Å². The van der Waals surface area contributed by atoms with E-state index < -0.39 is 0 Å². The highest BCUT2D eigenvalue weighted by Gasteiger charge is 2.08. The molecule has 1 atom stereocenters. The second-order valence-corrected chi connectivity index (χ2v) is 4.24. The van der Waals surface area contributed by atoms with Crippen molar-refractivity contribution in [2.24, 2.45) is 0 Å². The number of hydrogen-bond donors (Lipinski definition) is 2. The molecule has 1 aromatic rings. The average Bonchev–Trinajstić information content (AvgIpc) is 2.18. The van der Waals surface area contributed by atoms with Crippen molar-refractivity contribution in [3.8, 4) is 0 Å². The summed E-state index contributed by atoms with van der Waals surface area (Å²) in [4.78, 5) is 8.40. The van der Waals surface area contributed by atoms with E-state index in [4.69, 9.17) is 5.11 Å². The molecule has 0 amide bonds. The molecule has 1 heterocycles. The van der Waals surface area contributed by atoms with Crippen LogP contribution >= 0.6 is 11.8 Å². The van der Waals surface area contributed by atoms with Gasteiger partial charge in [0.15, 0.2) is 0 Å². The first kappa shape index (κ1) is 12.3. The molecule has 0 aliphatic carbocycles. The van der Waals surface area contributed by atoms with Crippen molar-refractivity contribution in [3.63, 3.8) is 0 Å². The second kappa shape index (κ2) is 6.63. The largest absolute Gasteiger partial charge is 0.396 e. The summed E-state index contributed by atoms with van der Waals surface area (Å²) >= 11 is 1.74. The van der Waals surface area contributed by atoms with Crippen molar-refractivity contribution in [1.29, 1.82) is 0 Å². The first-order valence-electron chi connectivity index (χ1n) is 4.92. The van der Waals surface area contributed by atoms with Crippen molar-refractivity contribution in [2.45, 2.75) is 19.4 Å². The maximum atomic E-state index is 8.91. The Balaban J connectivity index is 2.56. The Morgan fingerprint density at radius 2 is 2.40 bits per heavy atom. The van der Waals surface area contributed by atoms with Gasteiger partial charge in [-0.2, -0.15) is 11.8 Å². The summed E-state index contributed by atoms with van der Waals surface area (Å²) in [6.07, 6.45) is 4.50. The van der Waals surface area contributed by atoms with Gasteiger partial charge in [-0.3, -0.25) is 0 Å². The molecule has 84 valence electrons. The minimum absolute atomic E-state index is 0.185. The summed E-state index contributed by atoms with van der Waals surface area (Å²) < 4.78 is 0. The fraction of sp³-hybridized carbons (Fsp3) is 0.600. The van der Waals surface area contributed by atoms with Gasteiger partial charge in [-0.25, -0.2) is 9.97 Å². The van der Waals surface area contributed by atoms with Gasteiger partial charge in [-0.1, -0.05) is 0 Å². The number of rotatable bonds is 6. The van der Waals surface area contributed by atoms with E-state index in [9.17, 15) is 0 Å². The molecule has 0 saturated heterocycles. The maximum absolute atomic E-state index is 8.91. The summed E-state index contributed by atoms with van der Waals surface area (Å²) in [5.41, 5.74) is 0.944. The lowest BCUT2D eigenvalue weighted by atomic mass is 10.2. The Hall–Kier alpha value is -0.810. The van der Waals surface area contributed by atoms with Crippen LogP contribution in [0.25, 0.3) is 0 Å². The zero-order valence-electron chi connectivity index (χ0n) is 9.10. The topological polar surface area (TPSA) is 58.0 Å². The number of aliphatic hydroxyl groups excluding tert-OH is 1. The molecule has 4 nitrogen and oxygen atoms in total. The van der Waals surface area contributed by atoms with E-state index in [1.807, 2.05) is 19.2 Å². The van der Waals surface area contributed by atoms with Gasteiger partial charge in [0, 0.05) is 30.3 Å². The molecule has 0 aromatic carbocycles. The van der Waals surface area contributed by atoms with Gasteiger partial charge >= 0.3 is 0 Å². The second-order valence-electron chi connectivity index (χ2n) is 3.33. The van der Waals surface area contributed by atoms with E-state index in [1.54, 1.807) is 18.0 Å². The predicted octanol–water partition coefficient (Wildman–Crippen LogP) is 1.31. The number of aliphatic hydroxyl groups is 1. The Morgan fingerprint density at radius 3 is 3.00 bits per heavy atom. The summed E-state index contributed by atoms with van der Waals surface area (Å²) in [6.45, 7) is 2.12. The number of anilines is 1. The quantitative estimate of drug-likeness (QED) is 0.767. The highest BCUT2D eigenvalue weighted by atomic mass is 32.2. The van der Waals surface area contributed by atoms with Gasteiger partial charge in [-0.05, 0) is 25.7 Å². The van der Waals surface area contributed by atoms with Crippen LogP contribution in [0.3, 0.4) is 0 Å². The fourth-order valence-corrected chi connectivity index (χ4v) is 1.91. The van der Waals surface area contributed by atoms with Crippen LogP contribution in [-0.4, -0.2) is 39.7 Å². The zero-order chi connectivity index (χ0) is 11.1. The van der Waals surface area contributed by atoms with Crippen LogP contribution in [0.4, 0.5) is 5.95 Å². The summed E-state index contributed by atoms with van der Waals surface area (Å²) in [5, 5.41) is 12.1. The number of hydrogen-bond acceptors (Lipinski definition) is 5. The number of nitrogens with one attached hydrogen (secondary N) is 1. The third-order valence-electron chi connectivity index (χ3n) is 1.97. The molecular weight excluding hydrogens is 210 g/mol. The minimum Gasteiger partial charge on any atom is -0.396 e.